The smallest absolute Gasteiger partial charge is 0.239 e. The summed E-state index contributed by atoms with van der Waals surface area (Å²) in [5.41, 5.74) is -0.189. The summed E-state index contributed by atoms with van der Waals surface area (Å²) in [4.78, 5) is 27.0. The summed E-state index contributed by atoms with van der Waals surface area (Å²) in [6.45, 7) is 2.86. The third-order valence-electron chi connectivity index (χ3n) is 8.06. The Morgan fingerprint density at radius 1 is 1.07 bits per heavy atom. The summed E-state index contributed by atoms with van der Waals surface area (Å²) in [5.74, 6) is 3.16. The van der Waals surface area contributed by atoms with E-state index in [9.17, 15) is 9.59 Å². The second kappa shape index (κ2) is 7.78. The molecule has 158 valence electrons. The first-order valence-electron chi connectivity index (χ1n) is 11.5. The summed E-state index contributed by atoms with van der Waals surface area (Å²) in [6, 6.07) is 4.05. The zero-order valence-corrected chi connectivity index (χ0v) is 17.3. The first-order chi connectivity index (χ1) is 14.1. The van der Waals surface area contributed by atoms with Crippen molar-refractivity contribution in [2.45, 2.75) is 57.4 Å². The molecule has 2 heterocycles. The molecule has 3 N–H and O–H groups in total. The highest BCUT2D eigenvalue weighted by atomic mass is 16.3. The molecule has 4 aliphatic carbocycles. The Hall–Kier alpha value is -1.82. The minimum absolute atomic E-state index is 0.0841. The van der Waals surface area contributed by atoms with Gasteiger partial charge in [-0.25, -0.2) is 0 Å². The van der Waals surface area contributed by atoms with E-state index in [-0.39, 0.29) is 29.8 Å². The van der Waals surface area contributed by atoms with Crippen molar-refractivity contribution in [2.75, 3.05) is 26.2 Å². The van der Waals surface area contributed by atoms with Crippen LogP contribution in [0.5, 0.6) is 0 Å². The van der Waals surface area contributed by atoms with E-state index in [0.29, 0.717) is 6.54 Å². The van der Waals surface area contributed by atoms with E-state index in [1.54, 1.807) is 6.26 Å². The molecular formula is C23H34N3O3+. The van der Waals surface area contributed by atoms with Gasteiger partial charge in [0.1, 0.15) is 0 Å². The van der Waals surface area contributed by atoms with Crippen molar-refractivity contribution in [2.24, 2.45) is 23.2 Å². The van der Waals surface area contributed by atoms with Crippen molar-refractivity contribution in [3.8, 4) is 0 Å². The summed E-state index contributed by atoms with van der Waals surface area (Å²) in [7, 11) is 0. The topological polar surface area (TPSA) is 75.8 Å². The molecule has 0 aromatic carbocycles. The van der Waals surface area contributed by atoms with Gasteiger partial charge in [0.2, 0.25) is 11.8 Å². The number of amides is 2. The fraction of sp³-hybridized carbons (Fsp3) is 0.739. The number of quaternary nitrogens is 1. The van der Waals surface area contributed by atoms with Gasteiger partial charge in [0.15, 0.2) is 11.8 Å². The maximum atomic E-state index is 13.0. The molecule has 5 aliphatic rings. The Bertz CT molecular complexity index is 703. The molecule has 0 unspecified atom stereocenters. The third kappa shape index (κ3) is 3.83. The van der Waals surface area contributed by atoms with Gasteiger partial charge in [0, 0.05) is 18.3 Å². The van der Waals surface area contributed by atoms with Crippen LogP contribution in [-0.2, 0) is 9.59 Å². The van der Waals surface area contributed by atoms with Crippen LogP contribution in [0.3, 0.4) is 0 Å². The van der Waals surface area contributed by atoms with Crippen molar-refractivity contribution < 1.29 is 18.9 Å². The van der Waals surface area contributed by atoms with E-state index in [1.165, 1.54) is 37.0 Å². The van der Waals surface area contributed by atoms with Crippen LogP contribution in [-0.4, -0.2) is 38.0 Å². The minimum atomic E-state index is -0.189. The lowest BCUT2D eigenvalue weighted by molar-refractivity contribution is -0.919. The highest BCUT2D eigenvalue weighted by molar-refractivity contribution is 5.88. The average molecular weight is 401 g/mol. The van der Waals surface area contributed by atoms with Gasteiger partial charge in [-0.3, -0.25) is 9.59 Å². The van der Waals surface area contributed by atoms with Crippen molar-refractivity contribution in [1.82, 2.24) is 10.6 Å². The van der Waals surface area contributed by atoms with Crippen LogP contribution >= 0.6 is 0 Å². The SMILES string of the molecule is O=C(CNC(=O)C12CC3CC(CC(C3)C1)C2)NC[C@H](c1ccco1)[NH+]1CCCC1. The van der Waals surface area contributed by atoms with Crippen LogP contribution in [0.25, 0.3) is 0 Å². The van der Waals surface area contributed by atoms with Crippen LogP contribution in [0.15, 0.2) is 22.8 Å². The van der Waals surface area contributed by atoms with Gasteiger partial charge in [-0.1, -0.05) is 0 Å². The molecular weight excluding hydrogens is 366 g/mol. The molecule has 6 rings (SSSR count). The number of furan rings is 1. The molecule has 2 amide bonds. The zero-order valence-electron chi connectivity index (χ0n) is 17.3. The zero-order chi connectivity index (χ0) is 19.8. The van der Waals surface area contributed by atoms with Crippen molar-refractivity contribution >= 4 is 11.8 Å². The Kier molecular flexibility index (Phi) is 5.14. The average Bonchev–Trinajstić information content (AvgIpc) is 3.40. The van der Waals surface area contributed by atoms with Crippen molar-refractivity contribution in [3.63, 3.8) is 0 Å². The lowest BCUT2D eigenvalue weighted by atomic mass is 9.49. The summed E-state index contributed by atoms with van der Waals surface area (Å²) < 4.78 is 5.63. The molecule has 5 fully saturated rings. The standard InChI is InChI=1S/C23H33N3O3/c27-21(24-14-19(20-4-3-7-29-20)26-5-1-2-6-26)15-25-22(28)23-11-16-8-17(12-23)10-18(9-16)13-23/h3-4,7,16-19H,1-2,5-6,8-15H2,(H,24,27)(H,25,28)/p+1/t16?,17?,18?,19-,23?/m1/s1. The molecule has 1 saturated heterocycles. The van der Waals surface area contributed by atoms with Gasteiger partial charge in [0.25, 0.3) is 0 Å². The Balaban J connectivity index is 1.13. The second-order valence-corrected chi connectivity index (χ2v) is 10.1. The molecule has 0 radical (unpaired) electrons. The van der Waals surface area contributed by atoms with Gasteiger partial charge in [-0.2, -0.15) is 0 Å². The fourth-order valence-corrected chi connectivity index (χ4v) is 7.13. The number of nitrogens with one attached hydrogen (secondary N) is 3. The van der Waals surface area contributed by atoms with Gasteiger partial charge >= 0.3 is 0 Å². The largest absolute Gasteiger partial charge is 0.463 e. The number of hydrogen-bond acceptors (Lipinski definition) is 3. The van der Waals surface area contributed by atoms with Crippen LogP contribution in [0.4, 0.5) is 0 Å². The quantitative estimate of drug-likeness (QED) is 0.648. The Morgan fingerprint density at radius 3 is 2.31 bits per heavy atom. The number of hydrogen-bond donors (Lipinski definition) is 3. The highest BCUT2D eigenvalue weighted by Crippen LogP contribution is 2.60. The second-order valence-electron chi connectivity index (χ2n) is 10.1. The minimum Gasteiger partial charge on any atom is -0.463 e. The van der Waals surface area contributed by atoms with E-state index in [2.05, 4.69) is 10.6 Å². The molecule has 1 aliphatic heterocycles. The number of rotatable bonds is 7. The van der Waals surface area contributed by atoms with Crippen molar-refractivity contribution in [3.05, 3.63) is 24.2 Å². The molecule has 1 aromatic heterocycles. The highest BCUT2D eigenvalue weighted by Gasteiger charge is 2.54. The number of carbonyl (C=O) groups excluding carboxylic acids is 2. The lowest BCUT2D eigenvalue weighted by Crippen LogP contribution is -3.11. The Morgan fingerprint density at radius 2 is 1.72 bits per heavy atom. The summed E-state index contributed by atoms with van der Waals surface area (Å²) in [6.07, 6.45) is 11.2. The summed E-state index contributed by atoms with van der Waals surface area (Å²) >= 11 is 0. The third-order valence-corrected chi connectivity index (χ3v) is 8.06. The predicted molar refractivity (Wildman–Crippen MR) is 108 cm³/mol. The van der Waals surface area contributed by atoms with Crippen molar-refractivity contribution in [1.29, 1.82) is 0 Å². The van der Waals surface area contributed by atoms with E-state index < -0.39 is 0 Å². The first kappa shape index (κ1) is 19.2. The monoisotopic (exact) mass is 400 g/mol. The maximum Gasteiger partial charge on any atom is 0.239 e. The lowest BCUT2D eigenvalue weighted by Gasteiger charge is -2.55. The van der Waals surface area contributed by atoms with Gasteiger partial charge < -0.3 is 20.0 Å². The normalized spacial score (nSPS) is 34.3. The fourth-order valence-electron chi connectivity index (χ4n) is 7.13. The van der Waals surface area contributed by atoms with Gasteiger partial charge in [-0.05, 0) is 68.4 Å². The van der Waals surface area contributed by atoms with Crippen LogP contribution in [0.2, 0.25) is 0 Å². The Labute approximate surface area is 172 Å². The predicted octanol–water partition coefficient (Wildman–Crippen LogP) is 1.45. The van der Waals surface area contributed by atoms with E-state index in [4.69, 9.17) is 4.42 Å². The molecule has 6 nitrogen and oxygen atoms in total. The molecule has 0 spiro atoms. The molecule has 4 bridgehead atoms. The number of likely N-dealkylation sites (tertiary alicyclic amines) is 1. The van der Waals surface area contributed by atoms with E-state index in [1.807, 2.05) is 12.1 Å². The first-order valence-corrected chi connectivity index (χ1v) is 11.5. The molecule has 1 aromatic rings. The van der Waals surface area contributed by atoms with Gasteiger partial charge in [-0.15, -0.1) is 0 Å². The number of carbonyl (C=O) groups is 2. The van der Waals surface area contributed by atoms with Gasteiger partial charge in [0.05, 0.1) is 32.4 Å². The van der Waals surface area contributed by atoms with Crippen LogP contribution in [0.1, 0.15) is 63.2 Å². The maximum absolute atomic E-state index is 13.0. The summed E-state index contributed by atoms with van der Waals surface area (Å²) in [5, 5.41) is 6.03. The molecule has 29 heavy (non-hydrogen) atoms. The molecule has 6 heteroatoms. The van der Waals surface area contributed by atoms with E-state index in [0.717, 1.165) is 55.9 Å². The van der Waals surface area contributed by atoms with Crippen LogP contribution < -0.4 is 15.5 Å². The van der Waals surface area contributed by atoms with E-state index >= 15 is 0 Å². The molecule has 4 saturated carbocycles. The molecule has 1 atom stereocenters. The van der Waals surface area contributed by atoms with Crippen LogP contribution in [0, 0.1) is 23.2 Å².